The van der Waals surface area contributed by atoms with Crippen LogP contribution in [0.1, 0.15) is 12.0 Å². The summed E-state index contributed by atoms with van der Waals surface area (Å²) in [7, 11) is 1.59. The largest absolute Gasteiger partial charge is 0.506 e. The third-order valence-electron chi connectivity index (χ3n) is 2.29. The van der Waals surface area contributed by atoms with Crippen LogP contribution in [0.4, 0.5) is 13.2 Å². The van der Waals surface area contributed by atoms with Crippen LogP contribution in [-0.4, -0.2) is 29.8 Å². The molecule has 0 radical (unpaired) electrons. The Bertz CT molecular complexity index is 381. The van der Waals surface area contributed by atoms with Gasteiger partial charge in [-0.2, -0.15) is 13.2 Å². The van der Waals surface area contributed by atoms with Crippen LogP contribution >= 0.6 is 15.9 Å². The van der Waals surface area contributed by atoms with E-state index < -0.39 is 12.6 Å². The van der Waals surface area contributed by atoms with Crippen molar-refractivity contribution in [3.05, 3.63) is 28.2 Å². The lowest BCUT2D eigenvalue weighted by Crippen LogP contribution is -2.24. The highest BCUT2D eigenvalue weighted by Gasteiger charge is 2.27. The molecule has 0 aliphatic carbocycles. The molecule has 1 aromatic carbocycles. The Balaban J connectivity index is 2.56. The second kappa shape index (κ2) is 5.73. The smallest absolute Gasteiger partial charge is 0.390 e. The number of hydrogen-bond acceptors (Lipinski definition) is 2. The first-order valence-electron chi connectivity index (χ1n) is 5.01. The Morgan fingerprint density at radius 3 is 2.59 bits per heavy atom. The number of hydrogen-bond donors (Lipinski definition) is 1. The number of rotatable bonds is 4. The molecule has 0 saturated heterocycles. The molecule has 2 nitrogen and oxygen atoms in total. The fraction of sp³-hybridized carbons (Fsp3) is 0.455. The van der Waals surface area contributed by atoms with E-state index >= 15 is 0 Å². The highest BCUT2D eigenvalue weighted by Crippen LogP contribution is 2.28. The number of nitrogens with zero attached hydrogens (tertiary/aromatic N) is 1. The molecule has 6 heteroatoms. The Morgan fingerprint density at radius 1 is 1.35 bits per heavy atom. The summed E-state index contributed by atoms with van der Waals surface area (Å²) in [6.45, 7) is 0.191. The van der Waals surface area contributed by atoms with Crippen LogP contribution in [0.2, 0.25) is 0 Å². The maximum absolute atomic E-state index is 12.0. The number of benzene rings is 1. The molecule has 0 amide bonds. The fourth-order valence-electron chi connectivity index (χ4n) is 1.38. The second-order valence-corrected chi connectivity index (χ2v) is 4.70. The van der Waals surface area contributed by atoms with Gasteiger partial charge in [0.25, 0.3) is 0 Å². The lowest BCUT2D eigenvalue weighted by molar-refractivity contribution is -0.137. The van der Waals surface area contributed by atoms with Crippen LogP contribution in [0, 0.1) is 0 Å². The fourth-order valence-corrected chi connectivity index (χ4v) is 1.78. The molecular formula is C11H13BrF3NO. The highest BCUT2D eigenvalue weighted by molar-refractivity contribution is 9.10. The van der Waals surface area contributed by atoms with Gasteiger partial charge in [-0.25, -0.2) is 0 Å². The van der Waals surface area contributed by atoms with Crippen LogP contribution in [0.5, 0.6) is 5.75 Å². The van der Waals surface area contributed by atoms with Crippen molar-refractivity contribution in [2.24, 2.45) is 0 Å². The van der Waals surface area contributed by atoms with E-state index in [0.29, 0.717) is 10.0 Å². The van der Waals surface area contributed by atoms with Crippen molar-refractivity contribution in [1.82, 2.24) is 4.90 Å². The molecule has 0 aromatic heterocycles. The van der Waals surface area contributed by atoms with Gasteiger partial charge in [-0.15, -0.1) is 0 Å². The topological polar surface area (TPSA) is 23.5 Å². The quantitative estimate of drug-likeness (QED) is 0.919. The molecule has 1 N–H and O–H groups in total. The van der Waals surface area contributed by atoms with Crippen molar-refractivity contribution in [3.63, 3.8) is 0 Å². The molecular weight excluding hydrogens is 299 g/mol. The average Bonchev–Trinajstić information content (AvgIpc) is 2.21. The molecule has 17 heavy (non-hydrogen) atoms. The van der Waals surface area contributed by atoms with Crippen molar-refractivity contribution >= 4 is 15.9 Å². The maximum Gasteiger partial charge on any atom is 0.390 e. The number of phenolic OH excluding ortho intramolecular Hbond substituents is 1. The van der Waals surface area contributed by atoms with Gasteiger partial charge in [0.1, 0.15) is 5.75 Å². The number of halogens is 4. The minimum atomic E-state index is -4.15. The van der Waals surface area contributed by atoms with Crippen LogP contribution in [0.3, 0.4) is 0 Å². The van der Waals surface area contributed by atoms with Gasteiger partial charge in [-0.1, -0.05) is 12.1 Å². The van der Waals surface area contributed by atoms with E-state index in [1.807, 2.05) is 0 Å². The van der Waals surface area contributed by atoms with E-state index in [1.54, 1.807) is 25.2 Å². The van der Waals surface area contributed by atoms with Gasteiger partial charge in [0.15, 0.2) is 0 Å². The predicted molar refractivity (Wildman–Crippen MR) is 62.8 cm³/mol. The summed E-state index contributed by atoms with van der Waals surface area (Å²) in [6.07, 6.45) is -4.99. The van der Waals surface area contributed by atoms with Crippen molar-refractivity contribution in [1.29, 1.82) is 0 Å². The Labute approximate surface area is 106 Å². The van der Waals surface area contributed by atoms with Gasteiger partial charge < -0.3 is 10.0 Å². The molecule has 0 unspecified atom stereocenters. The number of phenols is 1. The highest BCUT2D eigenvalue weighted by atomic mass is 79.9. The minimum absolute atomic E-state index is 0.0753. The number of alkyl halides is 3. The van der Waals surface area contributed by atoms with E-state index in [2.05, 4.69) is 15.9 Å². The zero-order valence-electron chi connectivity index (χ0n) is 9.26. The van der Waals surface area contributed by atoms with Crippen LogP contribution in [0.25, 0.3) is 0 Å². The van der Waals surface area contributed by atoms with Crippen LogP contribution < -0.4 is 0 Å². The molecule has 0 bridgehead atoms. The lowest BCUT2D eigenvalue weighted by Gasteiger charge is -2.18. The van der Waals surface area contributed by atoms with E-state index in [1.165, 1.54) is 4.90 Å². The standard InChI is InChI=1S/C11H13BrF3NO/c1-16(6-5-11(13,14)15)7-8-3-2-4-9(12)10(8)17/h2-4,17H,5-7H2,1H3. The van der Waals surface area contributed by atoms with Crippen LogP contribution in [0.15, 0.2) is 22.7 Å². The molecule has 0 saturated carbocycles. The lowest BCUT2D eigenvalue weighted by atomic mass is 10.2. The average molecular weight is 312 g/mol. The first kappa shape index (κ1) is 14.3. The molecule has 96 valence electrons. The molecule has 1 rings (SSSR count). The molecule has 1 aromatic rings. The normalized spacial score (nSPS) is 12.1. The van der Waals surface area contributed by atoms with E-state index in [9.17, 15) is 18.3 Å². The monoisotopic (exact) mass is 311 g/mol. The van der Waals surface area contributed by atoms with Gasteiger partial charge in [-0.05, 0) is 29.0 Å². The molecule has 0 atom stereocenters. The third-order valence-corrected chi connectivity index (χ3v) is 2.93. The summed E-state index contributed by atoms with van der Waals surface area (Å²) in [4.78, 5) is 1.52. The predicted octanol–water partition coefficient (Wildman–Crippen LogP) is 3.54. The summed E-state index contributed by atoms with van der Waals surface area (Å²) in [5.74, 6) is 0.0753. The van der Waals surface area contributed by atoms with Crippen LogP contribution in [-0.2, 0) is 6.54 Å². The zero-order valence-corrected chi connectivity index (χ0v) is 10.8. The SMILES string of the molecule is CN(CCC(F)(F)F)Cc1cccc(Br)c1O. The van der Waals surface area contributed by atoms with Gasteiger partial charge in [0.05, 0.1) is 10.9 Å². The number of aromatic hydroxyl groups is 1. The summed E-state index contributed by atoms with van der Waals surface area (Å²) in [5, 5.41) is 9.68. The maximum atomic E-state index is 12.0. The van der Waals surface area contributed by atoms with Crippen molar-refractivity contribution in [2.75, 3.05) is 13.6 Å². The summed E-state index contributed by atoms with van der Waals surface area (Å²) < 4.78 is 36.6. The Morgan fingerprint density at radius 2 is 2.00 bits per heavy atom. The third kappa shape index (κ3) is 4.95. The summed E-state index contributed by atoms with van der Waals surface area (Å²) in [5.41, 5.74) is 0.601. The van der Waals surface area contributed by atoms with E-state index in [0.717, 1.165) is 0 Å². The van der Waals surface area contributed by atoms with Gasteiger partial charge in [-0.3, -0.25) is 0 Å². The van der Waals surface area contributed by atoms with Crippen molar-refractivity contribution < 1.29 is 18.3 Å². The molecule has 0 aliphatic heterocycles. The van der Waals surface area contributed by atoms with Gasteiger partial charge in [0, 0.05) is 18.7 Å². The molecule has 0 aliphatic rings. The Kier molecular flexibility index (Phi) is 4.82. The first-order valence-corrected chi connectivity index (χ1v) is 5.80. The molecule has 0 fully saturated rings. The minimum Gasteiger partial charge on any atom is -0.506 e. The Hall–Kier alpha value is -0.750. The van der Waals surface area contributed by atoms with E-state index in [-0.39, 0.29) is 18.8 Å². The zero-order chi connectivity index (χ0) is 13.1. The summed E-state index contributed by atoms with van der Waals surface area (Å²) >= 11 is 3.16. The van der Waals surface area contributed by atoms with Crippen molar-refractivity contribution in [2.45, 2.75) is 19.1 Å². The van der Waals surface area contributed by atoms with Crippen molar-refractivity contribution in [3.8, 4) is 5.75 Å². The second-order valence-electron chi connectivity index (χ2n) is 3.85. The van der Waals surface area contributed by atoms with E-state index in [4.69, 9.17) is 0 Å². The first-order chi connectivity index (χ1) is 7.79. The molecule has 0 spiro atoms. The number of para-hydroxylation sites is 1. The summed E-state index contributed by atoms with van der Waals surface area (Å²) in [6, 6.07) is 5.09. The van der Waals surface area contributed by atoms with Gasteiger partial charge in [0.2, 0.25) is 0 Å². The van der Waals surface area contributed by atoms with Gasteiger partial charge >= 0.3 is 6.18 Å². The molecule has 0 heterocycles.